The van der Waals surface area contributed by atoms with Crippen molar-refractivity contribution >= 4 is 5.91 Å². The Kier molecular flexibility index (Phi) is 6.73. The maximum absolute atomic E-state index is 13.2. The molecule has 1 saturated carbocycles. The lowest BCUT2D eigenvalue weighted by atomic mass is 10.1. The van der Waals surface area contributed by atoms with Gasteiger partial charge < -0.3 is 9.32 Å². The van der Waals surface area contributed by atoms with E-state index in [0.29, 0.717) is 18.6 Å². The van der Waals surface area contributed by atoms with E-state index in [2.05, 4.69) is 37.8 Å². The Bertz CT molecular complexity index is 700. The second-order valence-electron chi connectivity index (χ2n) is 7.80. The van der Waals surface area contributed by atoms with Crippen molar-refractivity contribution in [2.24, 2.45) is 0 Å². The minimum absolute atomic E-state index is 0.112. The molecule has 4 heteroatoms. The smallest absolute Gasteiger partial charge is 0.254 e. The van der Waals surface area contributed by atoms with E-state index in [-0.39, 0.29) is 5.91 Å². The van der Waals surface area contributed by atoms with Gasteiger partial charge in [0, 0.05) is 24.2 Å². The number of carbonyl (C=O) groups excluding carboxylic acids is 1. The lowest BCUT2D eigenvalue weighted by Gasteiger charge is -2.28. The summed E-state index contributed by atoms with van der Waals surface area (Å²) in [5, 5.41) is 0. The predicted octanol–water partition coefficient (Wildman–Crippen LogP) is 5.09. The maximum Gasteiger partial charge on any atom is 0.254 e. The van der Waals surface area contributed by atoms with Crippen molar-refractivity contribution in [1.29, 1.82) is 0 Å². The standard InChI is InChI=1S/C23H32N2O2/c1-4-24(18(2)3)16-19-11-13-20(14-12-19)23(26)25(21-8-5-6-9-21)17-22-10-7-15-27-22/h7,10-15,18,21H,4-6,8-9,16-17H2,1-3H3. The molecular weight excluding hydrogens is 336 g/mol. The Morgan fingerprint density at radius 1 is 1.11 bits per heavy atom. The fraction of sp³-hybridized carbons (Fsp3) is 0.522. The van der Waals surface area contributed by atoms with Crippen molar-refractivity contribution in [3.05, 3.63) is 59.5 Å². The number of carbonyl (C=O) groups is 1. The molecule has 27 heavy (non-hydrogen) atoms. The number of hydrogen-bond acceptors (Lipinski definition) is 3. The summed E-state index contributed by atoms with van der Waals surface area (Å²) in [5.74, 6) is 0.962. The average molecular weight is 369 g/mol. The molecule has 0 N–H and O–H groups in total. The SMILES string of the molecule is CCN(Cc1ccc(C(=O)N(Cc2ccco2)C2CCCC2)cc1)C(C)C. The van der Waals surface area contributed by atoms with Crippen LogP contribution >= 0.6 is 0 Å². The first-order valence-electron chi connectivity index (χ1n) is 10.2. The Labute approximate surface area is 163 Å². The van der Waals surface area contributed by atoms with Gasteiger partial charge in [-0.15, -0.1) is 0 Å². The van der Waals surface area contributed by atoms with E-state index in [1.807, 2.05) is 29.2 Å². The molecule has 0 radical (unpaired) electrons. The lowest BCUT2D eigenvalue weighted by Crippen LogP contribution is -2.38. The predicted molar refractivity (Wildman–Crippen MR) is 108 cm³/mol. The van der Waals surface area contributed by atoms with Crippen LogP contribution < -0.4 is 0 Å². The summed E-state index contributed by atoms with van der Waals surface area (Å²) >= 11 is 0. The molecule has 0 bridgehead atoms. The van der Waals surface area contributed by atoms with E-state index in [1.54, 1.807) is 6.26 Å². The van der Waals surface area contributed by atoms with Crippen molar-refractivity contribution < 1.29 is 9.21 Å². The number of nitrogens with zero attached hydrogens (tertiary/aromatic N) is 2. The minimum atomic E-state index is 0.112. The number of furan rings is 1. The highest BCUT2D eigenvalue weighted by Crippen LogP contribution is 2.27. The normalized spacial score (nSPS) is 15.0. The summed E-state index contributed by atoms with van der Waals surface area (Å²) < 4.78 is 5.51. The van der Waals surface area contributed by atoms with Crippen LogP contribution in [0.3, 0.4) is 0 Å². The van der Waals surface area contributed by atoms with E-state index in [0.717, 1.165) is 37.3 Å². The molecular formula is C23H32N2O2. The summed E-state index contributed by atoms with van der Waals surface area (Å²) in [4.78, 5) is 17.7. The molecule has 2 aromatic rings. The molecule has 0 saturated heterocycles. The third kappa shape index (κ3) is 5.01. The molecule has 0 atom stereocenters. The maximum atomic E-state index is 13.2. The van der Waals surface area contributed by atoms with Crippen LogP contribution in [0, 0.1) is 0 Å². The highest BCUT2D eigenvalue weighted by molar-refractivity contribution is 5.94. The van der Waals surface area contributed by atoms with E-state index < -0.39 is 0 Å². The Hall–Kier alpha value is -2.07. The topological polar surface area (TPSA) is 36.7 Å². The zero-order valence-corrected chi connectivity index (χ0v) is 16.9. The van der Waals surface area contributed by atoms with Crippen LogP contribution in [0.1, 0.15) is 68.1 Å². The zero-order chi connectivity index (χ0) is 19.2. The first-order valence-corrected chi connectivity index (χ1v) is 10.2. The molecule has 1 aromatic heterocycles. The highest BCUT2D eigenvalue weighted by Gasteiger charge is 2.28. The molecule has 4 nitrogen and oxygen atoms in total. The van der Waals surface area contributed by atoms with E-state index in [9.17, 15) is 4.79 Å². The van der Waals surface area contributed by atoms with Gasteiger partial charge in [-0.1, -0.05) is 31.9 Å². The minimum Gasteiger partial charge on any atom is -0.467 e. The van der Waals surface area contributed by atoms with Crippen LogP contribution in [0.15, 0.2) is 47.1 Å². The van der Waals surface area contributed by atoms with Crippen molar-refractivity contribution in [3.63, 3.8) is 0 Å². The van der Waals surface area contributed by atoms with Gasteiger partial charge in [0.1, 0.15) is 5.76 Å². The highest BCUT2D eigenvalue weighted by atomic mass is 16.3. The third-order valence-electron chi connectivity index (χ3n) is 5.66. The van der Waals surface area contributed by atoms with Crippen LogP contribution in [0.25, 0.3) is 0 Å². The van der Waals surface area contributed by atoms with Crippen LogP contribution in [-0.4, -0.2) is 34.3 Å². The largest absolute Gasteiger partial charge is 0.467 e. The number of benzene rings is 1. The summed E-state index contributed by atoms with van der Waals surface area (Å²) in [7, 11) is 0. The summed E-state index contributed by atoms with van der Waals surface area (Å²) in [6.07, 6.45) is 6.26. The van der Waals surface area contributed by atoms with Gasteiger partial charge in [-0.2, -0.15) is 0 Å². The fourth-order valence-corrected chi connectivity index (χ4v) is 3.97. The molecule has 1 heterocycles. The molecule has 0 spiro atoms. The summed E-state index contributed by atoms with van der Waals surface area (Å²) in [5.41, 5.74) is 2.02. The van der Waals surface area contributed by atoms with E-state index in [1.165, 1.54) is 18.4 Å². The van der Waals surface area contributed by atoms with Gasteiger partial charge in [0.2, 0.25) is 0 Å². The van der Waals surface area contributed by atoms with Crippen molar-refractivity contribution in [1.82, 2.24) is 9.80 Å². The molecule has 146 valence electrons. The zero-order valence-electron chi connectivity index (χ0n) is 16.9. The number of amides is 1. The molecule has 0 unspecified atom stereocenters. The van der Waals surface area contributed by atoms with Crippen molar-refractivity contribution in [2.45, 2.75) is 71.6 Å². The van der Waals surface area contributed by atoms with Crippen molar-refractivity contribution in [2.75, 3.05) is 6.54 Å². The first kappa shape index (κ1) is 19.7. The summed E-state index contributed by atoms with van der Waals surface area (Å²) in [6, 6.07) is 12.8. The molecule has 1 aliphatic rings. The van der Waals surface area contributed by atoms with Gasteiger partial charge in [-0.3, -0.25) is 9.69 Å². The van der Waals surface area contributed by atoms with Gasteiger partial charge in [0.15, 0.2) is 0 Å². The second-order valence-corrected chi connectivity index (χ2v) is 7.80. The van der Waals surface area contributed by atoms with E-state index in [4.69, 9.17) is 4.42 Å². The van der Waals surface area contributed by atoms with Crippen LogP contribution in [0.2, 0.25) is 0 Å². The molecule has 1 aliphatic carbocycles. The van der Waals surface area contributed by atoms with Crippen LogP contribution in [-0.2, 0) is 13.1 Å². The van der Waals surface area contributed by atoms with Gasteiger partial charge in [-0.05, 0) is 63.1 Å². The lowest BCUT2D eigenvalue weighted by molar-refractivity contribution is 0.0649. The van der Waals surface area contributed by atoms with Crippen LogP contribution in [0.5, 0.6) is 0 Å². The Morgan fingerprint density at radius 3 is 2.37 bits per heavy atom. The summed E-state index contributed by atoms with van der Waals surface area (Å²) in [6.45, 7) is 9.12. The van der Waals surface area contributed by atoms with E-state index >= 15 is 0 Å². The monoisotopic (exact) mass is 368 g/mol. The Morgan fingerprint density at radius 2 is 1.81 bits per heavy atom. The van der Waals surface area contributed by atoms with Crippen molar-refractivity contribution in [3.8, 4) is 0 Å². The van der Waals surface area contributed by atoms with Gasteiger partial charge >= 0.3 is 0 Å². The quantitative estimate of drug-likeness (QED) is 0.651. The number of hydrogen-bond donors (Lipinski definition) is 0. The van der Waals surface area contributed by atoms with Gasteiger partial charge in [0.25, 0.3) is 5.91 Å². The number of rotatable bonds is 8. The molecule has 1 fully saturated rings. The molecule has 1 aromatic carbocycles. The van der Waals surface area contributed by atoms with Gasteiger partial charge in [-0.25, -0.2) is 0 Å². The Balaban J connectivity index is 1.73. The first-order chi connectivity index (χ1) is 13.1. The fourth-order valence-electron chi connectivity index (χ4n) is 3.97. The third-order valence-corrected chi connectivity index (χ3v) is 5.66. The average Bonchev–Trinajstić information content (AvgIpc) is 3.37. The second kappa shape index (κ2) is 9.23. The molecule has 3 rings (SSSR count). The molecule has 0 aliphatic heterocycles. The van der Waals surface area contributed by atoms with Gasteiger partial charge in [0.05, 0.1) is 12.8 Å². The molecule has 1 amide bonds. The van der Waals surface area contributed by atoms with Crippen LogP contribution in [0.4, 0.5) is 0 Å².